The van der Waals surface area contributed by atoms with Crippen LogP contribution in [0.3, 0.4) is 0 Å². The van der Waals surface area contributed by atoms with Crippen LogP contribution in [0, 0.1) is 0 Å². The summed E-state index contributed by atoms with van der Waals surface area (Å²) in [6.45, 7) is -0.455. The predicted molar refractivity (Wildman–Crippen MR) is 74.0 cm³/mol. The first-order valence-electron chi connectivity index (χ1n) is 6.55. The Morgan fingerprint density at radius 3 is 2.62 bits per heavy atom. The molecule has 7 heteroatoms. The van der Waals surface area contributed by atoms with E-state index in [2.05, 4.69) is 20.8 Å². The molecule has 2 heterocycles. The van der Waals surface area contributed by atoms with Gasteiger partial charge in [-0.1, -0.05) is 12.1 Å². The van der Waals surface area contributed by atoms with Gasteiger partial charge in [0.15, 0.2) is 0 Å². The second-order valence-electron chi connectivity index (χ2n) is 5.03. The Kier molecular flexibility index (Phi) is 3.42. The van der Waals surface area contributed by atoms with E-state index in [9.17, 15) is 13.6 Å². The zero-order chi connectivity index (χ0) is 14.9. The summed E-state index contributed by atoms with van der Waals surface area (Å²) in [4.78, 5) is 11.9. The van der Waals surface area contributed by atoms with Crippen LogP contribution in [0.1, 0.15) is 6.42 Å². The zero-order valence-electron chi connectivity index (χ0n) is 11.1. The molecule has 1 aliphatic rings. The zero-order valence-corrected chi connectivity index (χ0v) is 11.1. The monoisotopic (exact) mass is 292 g/mol. The van der Waals surface area contributed by atoms with Crippen LogP contribution in [0.15, 0.2) is 36.5 Å². The van der Waals surface area contributed by atoms with Crippen LogP contribution in [-0.2, 0) is 4.79 Å². The van der Waals surface area contributed by atoms with Gasteiger partial charge in [-0.3, -0.25) is 15.2 Å². The van der Waals surface area contributed by atoms with E-state index in [-0.39, 0.29) is 0 Å². The lowest BCUT2D eigenvalue weighted by Crippen LogP contribution is -2.35. The van der Waals surface area contributed by atoms with Crippen LogP contribution in [0.4, 0.5) is 14.5 Å². The molecule has 0 aliphatic carbocycles. The number of amides is 1. The predicted octanol–water partition coefficient (Wildman–Crippen LogP) is 2.01. The van der Waals surface area contributed by atoms with Gasteiger partial charge in [0.25, 0.3) is 5.92 Å². The highest BCUT2D eigenvalue weighted by atomic mass is 19.3. The number of benzene rings is 1. The molecule has 3 N–H and O–H groups in total. The summed E-state index contributed by atoms with van der Waals surface area (Å²) in [5, 5.41) is 11.9. The Morgan fingerprint density at radius 1 is 1.29 bits per heavy atom. The fourth-order valence-electron chi connectivity index (χ4n) is 2.28. The highest BCUT2D eigenvalue weighted by molar-refractivity contribution is 5.95. The number of H-pyrrole nitrogens is 1. The second kappa shape index (κ2) is 5.25. The van der Waals surface area contributed by atoms with Crippen LogP contribution in [0.2, 0.25) is 0 Å². The molecule has 0 saturated carbocycles. The first kappa shape index (κ1) is 13.7. The maximum Gasteiger partial charge on any atom is 0.262 e. The number of carbonyl (C=O) groups is 1. The number of halogens is 2. The summed E-state index contributed by atoms with van der Waals surface area (Å²) in [6.07, 6.45) is 1.18. The quantitative estimate of drug-likeness (QED) is 0.810. The Hall–Kier alpha value is -2.28. The Bertz CT molecular complexity index is 625. The van der Waals surface area contributed by atoms with Gasteiger partial charge >= 0.3 is 0 Å². The average Bonchev–Trinajstić information content (AvgIpc) is 3.09. The third-order valence-corrected chi connectivity index (χ3v) is 3.39. The summed E-state index contributed by atoms with van der Waals surface area (Å²) >= 11 is 0. The first-order valence-corrected chi connectivity index (χ1v) is 6.55. The lowest BCUT2D eigenvalue weighted by Gasteiger charge is -2.11. The molecule has 1 aromatic heterocycles. The minimum atomic E-state index is -2.81. The van der Waals surface area contributed by atoms with Crippen molar-refractivity contribution in [2.75, 3.05) is 11.9 Å². The van der Waals surface area contributed by atoms with Gasteiger partial charge in [0.1, 0.15) is 0 Å². The number of alkyl halides is 2. The lowest BCUT2D eigenvalue weighted by molar-refractivity contribution is -0.118. The van der Waals surface area contributed by atoms with Crippen LogP contribution < -0.4 is 10.6 Å². The second-order valence-corrected chi connectivity index (χ2v) is 5.03. The lowest BCUT2D eigenvalue weighted by atomic mass is 10.1. The Morgan fingerprint density at radius 2 is 2.05 bits per heavy atom. The van der Waals surface area contributed by atoms with Crippen molar-refractivity contribution >= 4 is 11.6 Å². The van der Waals surface area contributed by atoms with E-state index in [4.69, 9.17) is 0 Å². The van der Waals surface area contributed by atoms with Crippen LogP contribution in [0.5, 0.6) is 0 Å². The van der Waals surface area contributed by atoms with Crippen molar-refractivity contribution in [3.05, 3.63) is 36.5 Å². The summed E-state index contributed by atoms with van der Waals surface area (Å²) in [5.41, 5.74) is 2.36. The summed E-state index contributed by atoms with van der Waals surface area (Å²) in [7, 11) is 0. The molecule has 0 spiro atoms. The molecular formula is C14H14F2N4O. The van der Waals surface area contributed by atoms with Gasteiger partial charge in [0.2, 0.25) is 5.91 Å². The molecule has 1 aliphatic heterocycles. The Labute approximate surface area is 119 Å². The summed E-state index contributed by atoms with van der Waals surface area (Å²) in [6, 6.07) is 8.06. The van der Waals surface area contributed by atoms with Crippen molar-refractivity contribution in [1.29, 1.82) is 0 Å². The van der Waals surface area contributed by atoms with E-state index < -0.39 is 30.8 Å². The largest absolute Gasteiger partial charge is 0.325 e. The van der Waals surface area contributed by atoms with Crippen molar-refractivity contribution < 1.29 is 13.6 Å². The molecule has 1 aromatic carbocycles. The highest BCUT2D eigenvalue weighted by Crippen LogP contribution is 2.26. The molecule has 0 bridgehead atoms. The average molecular weight is 292 g/mol. The van der Waals surface area contributed by atoms with Crippen molar-refractivity contribution in [3.63, 3.8) is 0 Å². The summed E-state index contributed by atoms with van der Waals surface area (Å²) in [5.74, 6) is -3.26. The number of hydrogen-bond donors (Lipinski definition) is 3. The van der Waals surface area contributed by atoms with Crippen molar-refractivity contribution in [1.82, 2.24) is 15.5 Å². The smallest absolute Gasteiger partial charge is 0.262 e. The van der Waals surface area contributed by atoms with Gasteiger partial charge in [-0.05, 0) is 23.8 Å². The molecule has 3 rings (SSSR count). The van der Waals surface area contributed by atoms with Crippen LogP contribution in [0.25, 0.3) is 11.3 Å². The summed E-state index contributed by atoms with van der Waals surface area (Å²) < 4.78 is 26.1. The van der Waals surface area contributed by atoms with Gasteiger partial charge in [0.05, 0.1) is 18.3 Å². The van der Waals surface area contributed by atoms with Crippen LogP contribution >= 0.6 is 0 Å². The number of anilines is 1. The minimum absolute atomic E-state index is 0.443. The molecule has 110 valence electrons. The Balaban J connectivity index is 1.64. The number of aromatic nitrogens is 2. The fraction of sp³-hybridized carbons (Fsp3) is 0.286. The molecule has 21 heavy (non-hydrogen) atoms. The standard InChI is InChI=1S/C14H14F2N4O/c15-14(16)7-12(17-8-14)13(21)19-10-3-1-9(2-4-10)11-5-6-18-20-11/h1-6,12,17H,7-8H2,(H,18,20)(H,19,21). The maximum absolute atomic E-state index is 13.1. The van der Waals surface area contributed by atoms with E-state index in [1.807, 2.05) is 18.2 Å². The molecule has 1 saturated heterocycles. The molecule has 5 nitrogen and oxygen atoms in total. The molecule has 1 atom stereocenters. The van der Waals surface area contributed by atoms with E-state index in [0.717, 1.165) is 11.3 Å². The van der Waals surface area contributed by atoms with Gasteiger partial charge in [-0.15, -0.1) is 0 Å². The van der Waals surface area contributed by atoms with Gasteiger partial charge < -0.3 is 5.32 Å². The number of carbonyl (C=O) groups excluding carboxylic acids is 1. The molecule has 1 amide bonds. The molecular weight excluding hydrogens is 278 g/mol. The molecule has 1 unspecified atom stereocenters. The van der Waals surface area contributed by atoms with Gasteiger partial charge in [0, 0.05) is 18.3 Å². The van der Waals surface area contributed by atoms with Crippen molar-refractivity contribution in [3.8, 4) is 11.3 Å². The number of nitrogens with zero attached hydrogens (tertiary/aromatic N) is 1. The van der Waals surface area contributed by atoms with E-state index in [1.165, 1.54) is 0 Å². The third-order valence-electron chi connectivity index (χ3n) is 3.39. The topological polar surface area (TPSA) is 69.8 Å². The van der Waals surface area contributed by atoms with Crippen molar-refractivity contribution in [2.45, 2.75) is 18.4 Å². The SMILES string of the molecule is O=C(Nc1ccc(-c2ccn[nH]2)cc1)C1CC(F)(F)CN1. The van der Waals surface area contributed by atoms with Gasteiger partial charge in [-0.25, -0.2) is 8.78 Å². The van der Waals surface area contributed by atoms with Crippen molar-refractivity contribution in [2.24, 2.45) is 0 Å². The van der Waals surface area contributed by atoms with E-state index in [1.54, 1.807) is 18.3 Å². The third kappa shape index (κ3) is 3.08. The fourth-order valence-corrected chi connectivity index (χ4v) is 2.28. The maximum atomic E-state index is 13.1. The van der Waals surface area contributed by atoms with E-state index in [0.29, 0.717) is 5.69 Å². The number of hydrogen-bond acceptors (Lipinski definition) is 3. The number of aromatic amines is 1. The van der Waals surface area contributed by atoms with Crippen LogP contribution in [-0.4, -0.2) is 34.6 Å². The molecule has 1 fully saturated rings. The minimum Gasteiger partial charge on any atom is -0.325 e. The van der Waals surface area contributed by atoms with E-state index >= 15 is 0 Å². The van der Waals surface area contributed by atoms with Gasteiger partial charge in [-0.2, -0.15) is 5.10 Å². The number of nitrogens with one attached hydrogen (secondary N) is 3. The molecule has 0 radical (unpaired) electrons. The molecule has 2 aromatic rings. The normalized spacial score (nSPS) is 20.4. The highest BCUT2D eigenvalue weighted by Gasteiger charge is 2.42. The first-order chi connectivity index (χ1) is 10.0. The number of rotatable bonds is 3.